The number of carbonyl (C=O) groups excluding carboxylic acids is 2. The predicted octanol–water partition coefficient (Wildman–Crippen LogP) is 18.9. The Morgan fingerprint density at radius 1 is 0.403 bits per heavy atom. The number of hydrogen-bond donors (Lipinski definition) is 3. The Balaban J connectivity index is 3.36. The van der Waals surface area contributed by atoms with E-state index in [2.05, 4.69) is 31.3 Å². The Morgan fingerprint density at radius 3 is 1.06 bits per heavy atom. The Hall–Kier alpha value is -1.40. The third-order valence-electron chi connectivity index (χ3n) is 14.3. The molecule has 3 N–H and O–H groups in total. The van der Waals surface area contributed by atoms with Crippen molar-refractivity contribution in [2.24, 2.45) is 0 Å². The molecule has 0 aliphatic rings. The van der Waals surface area contributed by atoms with E-state index in [0.717, 1.165) is 38.5 Å². The van der Waals surface area contributed by atoms with Crippen LogP contribution in [-0.4, -0.2) is 47.4 Å². The van der Waals surface area contributed by atoms with Crippen LogP contribution in [0.2, 0.25) is 0 Å². The van der Waals surface area contributed by atoms with Crippen molar-refractivity contribution in [3.05, 3.63) is 12.2 Å². The largest absolute Gasteiger partial charge is 0.466 e. The molecular formula is C61H119NO5. The Bertz CT molecular complexity index is 1000. The van der Waals surface area contributed by atoms with E-state index < -0.39 is 12.1 Å². The minimum absolute atomic E-state index is 0.0162. The molecule has 0 rings (SSSR count). The van der Waals surface area contributed by atoms with E-state index in [-0.39, 0.29) is 18.5 Å². The van der Waals surface area contributed by atoms with Crippen LogP contribution in [-0.2, 0) is 14.3 Å². The van der Waals surface area contributed by atoms with E-state index in [1.807, 2.05) is 0 Å². The highest BCUT2D eigenvalue weighted by molar-refractivity contribution is 5.76. The van der Waals surface area contributed by atoms with Crippen molar-refractivity contribution in [2.45, 2.75) is 353 Å². The van der Waals surface area contributed by atoms with Gasteiger partial charge in [-0.05, 0) is 51.4 Å². The summed E-state index contributed by atoms with van der Waals surface area (Å²) in [6.45, 7) is 4.96. The first-order chi connectivity index (χ1) is 33.0. The predicted molar refractivity (Wildman–Crippen MR) is 292 cm³/mol. The zero-order valence-corrected chi connectivity index (χ0v) is 45.4. The number of carbonyl (C=O) groups is 2. The van der Waals surface area contributed by atoms with Crippen LogP contribution in [0.4, 0.5) is 0 Å². The average molecular weight is 947 g/mol. The van der Waals surface area contributed by atoms with Gasteiger partial charge in [-0.15, -0.1) is 0 Å². The number of nitrogens with one attached hydrogen (secondary N) is 1. The molecule has 0 aromatic carbocycles. The lowest BCUT2D eigenvalue weighted by Crippen LogP contribution is -2.45. The molecule has 0 saturated carbocycles. The maximum Gasteiger partial charge on any atom is 0.305 e. The van der Waals surface area contributed by atoms with E-state index in [0.29, 0.717) is 25.9 Å². The van der Waals surface area contributed by atoms with Gasteiger partial charge >= 0.3 is 5.97 Å². The summed E-state index contributed by atoms with van der Waals surface area (Å²) in [5, 5.41) is 23.2. The van der Waals surface area contributed by atoms with Crippen molar-refractivity contribution in [3.8, 4) is 0 Å². The van der Waals surface area contributed by atoms with Gasteiger partial charge in [0.15, 0.2) is 0 Å². The summed E-state index contributed by atoms with van der Waals surface area (Å²) in [4.78, 5) is 24.5. The number of ether oxygens (including phenoxy) is 1. The molecule has 1 amide bonds. The van der Waals surface area contributed by atoms with Crippen LogP contribution in [0.15, 0.2) is 12.2 Å². The second kappa shape index (κ2) is 57.2. The molecule has 0 fully saturated rings. The molecule has 0 heterocycles. The molecule has 0 spiro atoms. The van der Waals surface area contributed by atoms with Crippen molar-refractivity contribution >= 4 is 11.9 Å². The number of esters is 1. The quantitative estimate of drug-likeness (QED) is 0.0321. The van der Waals surface area contributed by atoms with E-state index in [4.69, 9.17) is 4.74 Å². The summed E-state index contributed by atoms with van der Waals surface area (Å²) in [5.41, 5.74) is 0. The first-order valence-corrected chi connectivity index (χ1v) is 30.4. The molecular weight excluding hydrogens is 827 g/mol. The summed E-state index contributed by atoms with van der Waals surface area (Å²) < 4.78 is 5.48. The van der Waals surface area contributed by atoms with Crippen molar-refractivity contribution in [2.75, 3.05) is 13.2 Å². The van der Waals surface area contributed by atoms with Gasteiger partial charge in [-0.25, -0.2) is 0 Å². The first kappa shape index (κ1) is 65.6. The molecule has 6 nitrogen and oxygen atoms in total. The maximum absolute atomic E-state index is 12.4. The van der Waals surface area contributed by atoms with Gasteiger partial charge in [0.1, 0.15) is 0 Å². The highest BCUT2D eigenvalue weighted by atomic mass is 16.5. The summed E-state index contributed by atoms with van der Waals surface area (Å²) in [7, 11) is 0. The minimum atomic E-state index is -0.664. The van der Waals surface area contributed by atoms with Gasteiger partial charge in [0, 0.05) is 12.8 Å². The van der Waals surface area contributed by atoms with Crippen molar-refractivity contribution in [1.29, 1.82) is 0 Å². The lowest BCUT2D eigenvalue weighted by Gasteiger charge is -2.22. The van der Waals surface area contributed by atoms with Crippen LogP contribution in [0, 0.1) is 0 Å². The van der Waals surface area contributed by atoms with E-state index in [1.165, 1.54) is 270 Å². The highest BCUT2D eigenvalue weighted by Crippen LogP contribution is 2.18. The van der Waals surface area contributed by atoms with Crippen LogP contribution in [0.5, 0.6) is 0 Å². The number of aliphatic hydroxyl groups is 2. The van der Waals surface area contributed by atoms with Gasteiger partial charge in [-0.3, -0.25) is 9.59 Å². The Labute approximate surface area is 419 Å². The number of allylic oxidation sites excluding steroid dienone is 2. The maximum atomic E-state index is 12.4. The summed E-state index contributed by atoms with van der Waals surface area (Å²) in [5.74, 6) is -0.0215. The average Bonchev–Trinajstić information content (AvgIpc) is 3.33. The van der Waals surface area contributed by atoms with Gasteiger partial charge in [0.25, 0.3) is 0 Å². The number of amides is 1. The third kappa shape index (κ3) is 53.8. The third-order valence-corrected chi connectivity index (χ3v) is 14.3. The number of unbranched alkanes of at least 4 members (excludes halogenated alkanes) is 44. The SMILES string of the molecule is CCCCCCCCCCCCCCCCC(=O)OCCCCCCCCCCCCCC/C=C\CCCCCCCCCCCC(=O)NC(CO)C(O)CCCCCCCCCCCCC. The van der Waals surface area contributed by atoms with E-state index in [9.17, 15) is 19.8 Å². The van der Waals surface area contributed by atoms with E-state index in [1.54, 1.807) is 0 Å². The van der Waals surface area contributed by atoms with Crippen LogP contribution in [0.25, 0.3) is 0 Å². The monoisotopic (exact) mass is 946 g/mol. The van der Waals surface area contributed by atoms with Crippen LogP contribution in [0.1, 0.15) is 341 Å². The lowest BCUT2D eigenvalue weighted by atomic mass is 10.0. The van der Waals surface area contributed by atoms with Gasteiger partial charge < -0.3 is 20.3 Å². The second-order valence-corrected chi connectivity index (χ2v) is 21.0. The molecule has 67 heavy (non-hydrogen) atoms. The fraction of sp³-hybridized carbons (Fsp3) is 0.934. The van der Waals surface area contributed by atoms with Crippen molar-refractivity contribution in [1.82, 2.24) is 5.32 Å². The summed E-state index contributed by atoms with van der Waals surface area (Å²) >= 11 is 0. The number of aliphatic hydroxyl groups excluding tert-OH is 2. The molecule has 0 aromatic rings. The Morgan fingerprint density at radius 2 is 0.701 bits per heavy atom. The standard InChI is InChI=1S/C61H119NO5/c1-3-5-7-9-11-13-15-16-31-35-39-43-47-51-55-61(66)67-56-52-48-44-40-36-32-29-27-25-23-21-19-17-18-20-22-24-26-28-30-34-38-42-46-50-54-60(65)62-58(57-63)59(64)53-49-45-41-37-33-14-12-10-8-6-4-2/h18,20,58-59,63-64H,3-17,19,21-57H2,1-2H3,(H,62,65)/b20-18-. The fourth-order valence-corrected chi connectivity index (χ4v) is 9.64. The lowest BCUT2D eigenvalue weighted by molar-refractivity contribution is -0.143. The zero-order chi connectivity index (χ0) is 48.6. The summed E-state index contributed by atoms with van der Waals surface area (Å²) in [6, 6.07) is -0.541. The molecule has 0 aromatic heterocycles. The number of rotatable bonds is 57. The molecule has 0 aliphatic carbocycles. The van der Waals surface area contributed by atoms with Crippen LogP contribution in [0.3, 0.4) is 0 Å². The summed E-state index contributed by atoms with van der Waals surface area (Å²) in [6.07, 6.45) is 68.0. The molecule has 0 saturated heterocycles. The van der Waals surface area contributed by atoms with E-state index >= 15 is 0 Å². The molecule has 398 valence electrons. The second-order valence-electron chi connectivity index (χ2n) is 21.0. The van der Waals surface area contributed by atoms with Gasteiger partial charge in [-0.2, -0.15) is 0 Å². The molecule has 2 atom stereocenters. The molecule has 0 radical (unpaired) electrons. The zero-order valence-electron chi connectivity index (χ0n) is 45.4. The Kier molecular flexibility index (Phi) is 56.0. The minimum Gasteiger partial charge on any atom is -0.466 e. The molecule has 0 bridgehead atoms. The fourth-order valence-electron chi connectivity index (χ4n) is 9.64. The van der Waals surface area contributed by atoms with Crippen LogP contribution < -0.4 is 5.32 Å². The van der Waals surface area contributed by atoms with Crippen molar-refractivity contribution in [3.63, 3.8) is 0 Å². The molecule has 6 heteroatoms. The topological polar surface area (TPSA) is 95.9 Å². The van der Waals surface area contributed by atoms with Gasteiger partial charge in [0.05, 0.1) is 25.4 Å². The van der Waals surface area contributed by atoms with Crippen molar-refractivity contribution < 1.29 is 24.5 Å². The first-order valence-electron chi connectivity index (χ1n) is 30.4. The molecule has 0 aliphatic heterocycles. The molecule has 2 unspecified atom stereocenters. The number of hydrogen-bond acceptors (Lipinski definition) is 5. The van der Waals surface area contributed by atoms with Gasteiger partial charge in [-0.1, -0.05) is 289 Å². The highest BCUT2D eigenvalue weighted by Gasteiger charge is 2.20. The normalized spacial score (nSPS) is 12.6. The smallest absolute Gasteiger partial charge is 0.305 e. The van der Waals surface area contributed by atoms with Crippen LogP contribution >= 0.6 is 0 Å². The van der Waals surface area contributed by atoms with Gasteiger partial charge in [0.2, 0.25) is 5.91 Å².